The second-order valence-corrected chi connectivity index (χ2v) is 4.91. The lowest BCUT2D eigenvalue weighted by Crippen LogP contribution is -2.19. The van der Waals surface area contributed by atoms with Crippen LogP contribution >= 0.6 is 0 Å². The highest BCUT2D eigenvalue weighted by Crippen LogP contribution is 2.34. The standard InChI is InChI=1S/C16H16FNO2/c1-20-15-4-2-3-12(16(15)19)10-18-8-7-11-5-6-13(17)9-14(11)18/h2-6,9,19H,7-8,10H2,1H3. The second kappa shape index (κ2) is 5.04. The lowest BCUT2D eigenvalue weighted by molar-refractivity contribution is 0.370. The zero-order chi connectivity index (χ0) is 14.1. The largest absolute Gasteiger partial charge is 0.504 e. The van der Waals surface area contributed by atoms with Gasteiger partial charge in [0.05, 0.1) is 7.11 Å². The molecule has 1 aliphatic rings. The average molecular weight is 273 g/mol. The zero-order valence-corrected chi connectivity index (χ0v) is 11.3. The van der Waals surface area contributed by atoms with E-state index in [0.29, 0.717) is 12.3 Å². The number of anilines is 1. The molecule has 1 heterocycles. The van der Waals surface area contributed by atoms with E-state index in [1.54, 1.807) is 12.1 Å². The number of phenols is 1. The summed E-state index contributed by atoms with van der Waals surface area (Å²) >= 11 is 0. The second-order valence-electron chi connectivity index (χ2n) is 4.91. The normalized spacial score (nSPS) is 13.4. The molecule has 104 valence electrons. The van der Waals surface area contributed by atoms with Crippen LogP contribution in [0.2, 0.25) is 0 Å². The van der Waals surface area contributed by atoms with Crippen molar-refractivity contribution in [2.45, 2.75) is 13.0 Å². The van der Waals surface area contributed by atoms with Gasteiger partial charge in [0, 0.05) is 24.3 Å². The Balaban J connectivity index is 1.89. The zero-order valence-electron chi connectivity index (χ0n) is 11.3. The van der Waals surface area contributed by atoms with Gasteiger partial charge in [0.2, 0.25) is 0 Å². The van der Waals surface area contributed by atoms with E-state index < -0.39 is 0 Å². The van der Waals surface area contributed by atoms with Crippen molar-refractivity contribution in [2.24, 2.45) is 0 Å². The van der Waals surface area contributed by atoms with Crippen molar-refractivity contribution in [2.75, 3.05) is 18.6 Å². The fraction of sp³-hybridized carbons (Fsp3) is 0.250. The van der Waals surface area contributed by atoms with Crippen molar-refractivity contribution in [1.82, 2.24) is 0 Å². The monoisotopic (exact) mass is 273 g/mol. The highest BCUT2D eigenvalue weighted by molar-refractivity contribution is 5.59. The third-order valence-corrected chi connectivity index (χ3v) is 3.70. The Morgan fingerprint density at radius 3 is 2.95 bits per heavy atom. The topological polar surface area (TPSA) is 32.7 Å². The van der Waals surface area contributed by atoms with Crippen LogP contribution < -0.4 is 9.64 Å². The first-order valence-corrected chi connectivity index (χ1v) is 6.57. The third-order valence-electron chi connectivity index (χ3n) is 3.70. The molecule has 2 aromatic carbocycles. The molecule has 0 aliphatic carbocycles. The summed E-state index contributed by atoms with van der Waals surface area (Å²) in [5.41, 5.74) is 2.84. The van der Waals surface area contributed by atoms with Gasteiger partial charge in [-0.15, -0.1) is 0 Å². The number of phenolic OH excluding ortho intramolecular Hbond substituents is 1. The van der Waals surface area contributed by atoms with Gasteiger partial charge in [-0.05, 0) is 30.2 Å². The smallest absolute Gasteiger partial charge is 0.162 e. The van der Waals surface area contributed by atoms with Crippen LogP contribution in [0, 0.1) is 5.82 Å². The van der Waals surface area contributed by atoms with Crippen molar-refractivity contribution in [3.63, 3.8) is 0 Å². The van der Waals surface area contributed by atoms with E-state index in [0.717, 1.165) is 29.8 Å². The predicted octanol–water partition coefficient (Wildman–Crippen LogP) is 3.10. The summed E-state index contributed by atoms with van der Waals surface area (Å²) in [7, 11) is 1.53. The van der Waals surface area contributed by atoms with Gasteiger partial charge in [-0.1, -0.05) is 18.2 Å². The Morgan fingerprint density at radius 2 is 2.15 bits per heavy atom. The molecule has 1 aliphatic heterocycles. The van der Waals surface area contributed by atoms with Crippen LogP contribution in [-0.4, -0.2) is 18.8 Å². The first-order chi connectivity index (χ1) is 9.69. The fourth-order valence-corrected chi connectivity index (χ4v) is 2.65. The van der Waals surface area contributed by atoms with Crippen molar-refractivity contribution in [3.05, 3.63) is 53.3 Å². The molecule has 3 nitrogen and oxygen atoms in total. The molecule has 20 heavy (non-hydrogen) atoms. The molecule has 2 aromatic rings. The van der Waals surface area contributed by atoms with Gasteiger partial charge >= 0.3 is 0 Å². The molecule has 0 unspecified atom stereocenters. The van der Waals surface area contributed by atoms with Gasteiger partial charge in [-0.25, -0.2) is 4.39 Å². The number of hydrogen-bond donors (Lipinski definition) is 1. The third kappa shape index (κ3) is 2.18. The van der Waals surface area contributed by atoms with Gasteiger partial charge in [-0.3, -0.25) is 0 Å². The molecule has 0 atom stereocenters. The summed E-state index contributed by atoms with van der Waals surface area (Å²) in [4.78, 5) is 2.08. The minimum Gasteiger partial charge on any atom is -0.504 e. The molecule has 3 rings (SSSR count). The number of nitrogens with zero attached hydrogens (tertiary/aromatic N) is 1. The first kappa shape index (κ1) is 12.8. The molecule has 4 heteroatoms. The fourth-order valence-electron chi connectivity index (χ4n) is 2.65. The van der Waals surface area contributed by atoms with Gasteiger partial charge in [0.1, 0.15) is 5.82 Å². The van der Waals surface area contributed by atoms with Crippen LogP contribution in [0.5, 0.6) is 11.5 Å². The van der Waals surface area contributed by atoms with Crippen LogP contribution in [-0.2, 0) is 13.0 Å². The van der Waals surface area contributed by atoms with E-state index in [2.05, 4.69) is 4.90 Å². The molecular weight excluding hydrogens is 257 g/mol. The molecule has 0 spiro atoms. The predicted molar refractivity (Wildman–Crippen MR) is 75.8 cm³/mol. The van der Waals surface area contributed by atoms with Gasteiger partial charge < -0.3 is 14.7 Å². The molecule has 0 radical (unpaired) electrons. The van der Waals surface area contributed by atoms with E-state index in [4.69, 9.17) is 4.74 Å². The highest BCUT2D eigenvalue weighted by atomic mass is 19.1. The van der Waals surface area contributed by atoms with Gasteiger partial charge in [0.15, 0.2) is 11.5 Å². The summed E-state index contributed by atoms with van der Waals surface area (Å²) < 4.78 is 18.5. The molecule has 0 saturated carbocycles. The van der Waals surface area contributed by atoms with Crippen LogP contribution in [0.15, 0.2) is 36.4 Å². The Kier molecular flexibility index (Phi) is 3.22. The van der Waals surface area contributed by atoms with E-state index in [-0.39, 0.29) is 11.6 Å². The molecule has 0 aromatic heterocycles. The maximum absolute atomic E-state index is 13.4. The van der Waals surface area contributed by atoms with Crippen molar-refractivity contribution in [1.29, 1.82) is 0 Å². The summed E-state index contributed by atoms with van der Waals surface area (Å²) in [6.07, 6.45) is 0.903. The van der Waals surface area contributed by atoms with Crippen LogP contribution in [0.1, 0.15) is 11.1 Å². The van der Waals surface area contributed by atoms with E-state index >= 15 is 0 Å². The Morgan fingerprint density at radius 1 is 1.30 bits per heavy atom. The Bertz CT molecular complexity index is 642. The summed E-state index contributed by atoms with van der Waals surface area (Å²) in [6, 6.07) is 10.3. The minimum absolute atomic E-state index is 0.153. The summed E-state index contributed by atoms with van der Waals surface area (Å²) in [5, 5.41) is 10.1. The summed E-state index contributed by atoms with van der Waals surface area (Å²) in [6.45, 7) is 1.37. The number of para-hydroxylation sites is 1. The lowest BCUT2D eigenvalue weighted by Gasteiger charge is -2.20. The van der Waals surface area contributed by atoms with Crippen molar-refractivity contribution >= 4 is 5.69 Å². The van der Waals surface area contributed by atoms with Gasteiger partial charge in [0.25, 0.3) is 0 Å². The van der Waals surface area contributed by atoms with E-state index in [1.807, 2.05) is 18.2 Å². The average Bonchev–Trinajstić information content (AvgIpc) is 2.83. The molecule has 0 bridgehead atoms. The van der Waals surface area contributed by atoms with Gasteiger partial charge in [-0.2, -0.15) is 0 Å². The Labute approximate surface area is 117 Å². The number of fused-ring (bicyclic) bond motifs is 1. The lowest BCUT2D eigenvalue weighted by atomic mass is 10.1. The first-order valence-electron chi connectivity index (χ1n) is 6.57. The van der Waals surface area contributed by atoms with E-state index in [9.17, 15) is 9.50 Å². The number of benzene rings is 2. The number of hydrogen-bond acceptors (Lipinski definition) is 3. The van der Waals surface area contributed by atoms with Crippen LogP contribution in [0.25, 0.3) is 0 Å². The molecular formula is C16H16FNO2. The molecule has 0 amide bonds. The van der Waals surface area contributed by atoms with E-state index in [1.165, 1.54) is 13.2 Å². The minimum atomic E-state index is -0.231. The quantitative estimate of drug-likeness (QED) is 0.932. The number of methoxy groups -OCH3 is 1. The maximum Gasteiger partial charge on any atom is 0.162 e. The van der Waals surface area contributed by atoms with Crippen LogP contribution in [0.3, 0.4) is 0 Å². The molecule has 0 fully saturated rings. The maximum atomic E-state index is 13.4. The molecule has 1 N–H and O–H groups in total. The number of halogens is 1. The Hall–Kier alpha value is -2.23. The summed E-state index contributed by atoms with van der Waals surface area (Å²) in [5.74, 6) is 0.381. The van der Waals surface area contributed by atoms with Crippen molar-refractivity contribution in [3.8, 4) is 11.5 Å². The number of ether oxygens (including phenoxy) is 1. The molecule has 0 saturated heterocycles. The number of aromatic hydroxyl groups is 1. The SMILES string of the molecule is COc1cccc(CN2CCc3ccc(F)cc32)c1O. The highest BCUT2D eigenvalue weighted by Gasteiger charge is 2.21. The van der Waals surface area contributed by atoms with Crippen LogP contribution in [0.4, 0.5) is 10.1 Å². The number of rotatable bonds is 3. The van der Waals surface area contributed by atoms with Crippen molar-refractivity contribution < 1.29 is 14.2 Å².